The lowest BCUT2D eigenvalue weighted by molar-refractivity contribution is 0.0685. The van der Waals surface area contributed by atoms with Crippen LogP contribution in [-0.4, -0.2) is 34.7 Å². The molecule has 0 N–H and O–H groups in total. The fourth-order valence-corrected chi connectivity index (χ4v) is 5.23. The van der Waals surface area contributed by atoms with Crippen molar-refractivity contribution in [3.8, 4) is 0 Å². The number of Topliss-reactive ketones (excluding diaryl/α,β-unsaturated/α-hetero) is 1. The van der Waals surface area contributed by atoms with Crippen molar-refractivity contribution in [2.45, 2.75) is 44.9 Å². The zero-order valence-corrected chi connectivity index (χ0v) is 18.1. The van der Waals surface area contributed by atoms with Crippen molar-refractivity contribution in [3.05, 3.63) is 65.3 Å². The molecule has 1 fully saturated rings. The second-order valence-corrected chi connectivity index (χ2v) is 9.23. The van der Waals surface area contributed by atoms with Gasteiger partial charge in [0, 0.05) is 37.5 Å². The summed E-state index contributed by atoms with van der Waals surface area (Å²) in [5.74, 6) is 1.11. The van der Waals surface area contributed by atoms with Crippen LogP contribution in [0.25, 0.3) is 10.1 Å². The standard InChI is InChI=1S/C25H28N2O2S/c28-22(23-17-21-11-14-26-18-24(21)30-23)10-6-1-3-7-19-12-15-27(16-13-19)25(29)20-8-4-2-5-9-20/h2,4-5,8-9,11,14,17-19H,1,3,6-7,10,12-13,15-16H2. The van der Waals surface area contributed by atoms with Gasteiger partial charge in [-0.2, -0.15) is 0 Å². The maximum atomic E-state index is 12.5. The number of likely N-dealkylation sites (tertiary alicyclic amines) is 1. The molecule has 1 aliphatic rings. The molecule has 3 heterocycles. The minimum Gasteiger partial charge on any atom is -0.339 e. The van der Waals surface area contributed by atoms with Gasteiger partial charge in [-0.3, -0.25) is 14.6 Å². The van der Waals surface area contributed by atoms with E-state index in [4.69, 9.17) is 0 Å². The second-order valence-electron chi connectivity index (χ2n) is 8.15. The van der Waals surface area contributed by atoms with Crippen LogP contribution in [0.2, 0.25) is 0 Å². The zero-order chi connectivity index (χ0) is 20.8. The minimum atomic E-state index is 0.157. The highest BCUT2D eigenvalue weighted by atomic mass is 32.1. The fourth-order valence-electron chi connectivity index (χ4n) is 4.23. The zero-order valence-electron chi connectivity index (χ0n) is 17.3. The van der Waals surface area contributed by atoms with E-state index < -0.39 is 0 Å². The van der Waals surface area contributed by atoms with E-state index >= 15 is 0 Å². The monoisotopic (exact) mass is 420 g/mol. The normalized spacial score (nSPS) is 14.9. The third-order valence-corrected chi connectivity index (χ3v) is 7.16. The molecule has 0 atom stereocenters. The largest absolute Gasteiger partial charge is 0.339 e. The maximum Gasteiger partial charge on any atom is 0.253 e. The SMILES string of the molecule is O=C(CCCCCC1CCN(C(=O)c2ccccc2)CC1)c1cc2ccncc2s1. The predicted octanol–water partition coefficient (Wildman–Crippen LogP) is 5.98. The average molecular weight is 421 g/mol. The molecule has 0 spiro atoms. The summed E-state index contributed by atoms with van der Waals surface area (Å²) in [6.45, 7) is 1.72. The van der Waals surface area contributed by atoms with Gasteiger partial charge in [-0.1, -0.05) is 37.5 Å². The molecule has 0 saturated carbocycles. The van der Waals surface area contributed by atoms with Crippen LogP contribution in [0.4, 0.5) is 0 Å². The van der Waals surface area contributed by atoms with Gasteiger partial charge in [-0.15, -0.1) is 11.3 Å². The van der Waals surface area contributed by atoms with Gasteiger partial charge in [-0.25, -0.2) is 0 Å². The van der Waals surface area contributed by atoms with Crippen LogP contribution in [0.1, 0.15) is 65.0 Å². The number of thiophene rings is 1. The summed E-state index contributed by atoms with van der Waals surface area (Å²) in [5.41, 5.74) is 0.788. The molecule has 156 valence electrons. The number of hydrogen-bond acceptors (Lipinski definition) is 4. The van der Waals surface area contributed by atoms with E-state index in [0.717, 1.165) is 59.3 Å². The van der Waals surface area contributed by atoms with Crippen molar-refractivity contribution in [1.82, 2.24) is 9.88 Å². The highest BCUT2D eigenvalue weighted by Crippen LogP contribution is 2.27. The van der Waals surface area contributed by atoms with Gasteiger partial charge in [0.25, 0.3) is 5.91 Å². The number of benzene rings is 1. The van der Waals surface area contributed by atoms with Crippen LogP contribution in [0.15, 0.2) is 54.9 Å². The molecule has 2 aromatic heterocycles. The third kappa shape index (κ3) is 5.14. The van der Waals surface area contributed by atoms with Crippen LogP contribution >= 0.6 is 11.3 Å². The van der Waals surface area contributed by atoms with Crippen LogP contribution in [0.5, 0.6) is 0 Å². The van der Waals surface area contributed by atoms with Gasteiger partial charge in [0.15, 0.2) is 5.78 Å². The number of pyridine rings is 1. The third-order valence-electron chi connectivity index (χ3n) is 6.04. The number of piperidine rings is 1. The summed E-state index contributed by atoms with van der Waals surface area (Å²) >= 11 is 1.55. The van der Waals surface area contributed by atoms with Crippen molar-refractivity contribution in [2.24, 2.45) is 5.92 Å². The Labute approximate surface area is 181 Å². The number of aromatic nitrogens is 1. The van der Waals surface area contributed by atoms with E-state index in [2.05, 4.69) is 4.98 Å². The molecule has 1 aromatic carbocycles. The number of rotatable bonds is 8. The lowest BCUT2D eigenvalue weighted by Crippen LogP contribution is -2.38. The lowest BCUT2D eigenvalue weighted by atomic mass is 9.90. The molecule has 0 unspecified atom stereocenters. The molecule has 1 saturated heterocycles. The Kier molecular flexibility index (Phi) is 6.90. The van der Waals surface area contributed by atoms with Crippen LogP contribution in [0, 0.1) is 5.92 Å². The summed E-state index contributed by atoms with van der Waals surface area (Å²) in [7, 11) is 0. The number of carbonyl (C=O) groups excluding carboxylic acids is 2. The summed E-state index contributed by atoms with van der Waals surface area (Å²) in [4.78, 5) is 32.0. The first kappa shape index (κ1) is 20.7. The Bertz CT molecular complexity index is 958. The molecule has 4 nitrogen and oxygen atoms in total. The van der Waals surface area contributed by atoms with Crippen molar-refractivity contribution < 1.29 is 9.59 Å². The Morgan fingerprint density at radius 2 is 1.83 bits per heavy atom. The summed E-state index contributed by atoms with van der Waals surface area (Å²) in [5, 5.41) is 1.11. The van der Waals surface area contributed by atoms with Gasteiger partial charge in [-0.05, 0) is 54.8 Å². The van der Waals surface area contributed by atoms with Crippen molar-refractivity contribution in [1.29, 1.82) is 0 Å². The second kappa shape index (κ2) is 9.98. The number of unbranched alkanes of at least 4 members (excludes halogenated alkanes) is 2. The van der Waals surface area contributed by atoms with E-state index in [9.17, 15) is 9.59 Å². The van der Waals surface area contributed by atoms with E-state index in [-0.39, 0.29) is 11.7 Å². The van der Waals surface area contributed by atoms with E-state index in [1.807, 2.05) is 53.6 Å². The molecule has 5 heteroatoms. The predicted molar refractivity (Wildman–Crippen MR) is 122 cm³/mol. The molecule has 1 aliphatic heterocycles. The molecule has 4 rings (SSSR count). The number of nitrogens with zero attached hydrogens (tertiary/aromatic N) is 2. The Morgan fingerprint density at radius 1 is 1.03 bits per heavy atom. The molecule has 30 heavy (non-hydrogen) atoms. The molecule has 0 bridgehead atoms. The van der Waals surface area contributed by atoms with Crippen LogP contribution in [0.3, 0.4) is 0 Å². The van der Waals surface area contributed by atoms with Gasteiger partial charge in [0.2, 0.25) is 0 Å². The van der Waals surface area contributed by atoms with Crippen molar-refractivity contribution in [3.63, 3.8) is 0 Å². The highest BCUT2D eigenvalue weighted by Gasteiger charge is 2.23. The topological polar surface area (TPSA) is 50.3 Å². The molecule has 0 aliphatic carbocycles. The number of ketones is 1. The Morgan fingerprint density at radius 3 is 2.60 bits per heavy atom. The quantitative estimate of drug-likeness (QED) is 0.333. The molecule has 3 aromatic rings. The first-order valence-electron chi connectivity index (χ1n) is 10.9. The summed E-state index contributed by atoms with van der Waals surface area (Å²) in [6.07, 6.45) is 10.8. The molecular formula is C25H28N2O2S. The molecule has 1 amide bonds. The average Bonchev–Trinajstić information content (AvgIpc) is 3.24. The van der Waals surface area contributed by atoms with Gasteiger partial charge >= 0.3 is 0 Å². The van der Waals surface area contributed by atoms with Crippen LogP contribution in [-0.2, 0) is 0 Å². The number of fused-ring (bicyclic) bond motifs is 1. The van der Waals surface area contributed by atoms with Crippen molar-refractivity contribution in [2.75, 3.05) is 13.1 Å². The van der Waals surface area contributed by atoms with Crippen molar-refractivity contribution >= 4 is 33.1 Å². The summed E-state index contributed by atoms with van der Waals surface area (Å²) < 4.78 is 1.08. The lowest BCUT2D eigenvalue weighted by Gasteiger charge is -2.32. The smallest absolute Gasteiger partial charge is 0.253 e. The van der Waals surface area contributed by atoms with Gasteiger partial charge in [0.1, 0.15) is 0 Å². The number of hydrogen-bond donors (Lipinski definition) is 0. The molecule has 0 radical (unpaired) electrons. The Balaban J connectivity index is 1.13. The van der Waals surface area contributed by atoms with Crippen LogP contribution < -0.4 is 0 Å². The Hall–Kier alpha value is -2.53. The van der Waals surface area contributed by atoms with Gasteiger partial charge < -0.3 is 4.90 Å². The van der Waals surface area contributed by atoms with E-state index in [1.54, 1.807) is 17.5 Å². The minimum absolute atomic E-state index is 0.157. The number of amides is 1. The first-order chi connectivity index (χ1) is 14.7. The number of carbonyl (C=O) groups is 2. The first-order valence-corrected chi connectivity index (χ1v) is 11.7. The molecular weight excluding hydrogens is 392 g/mol. The van der Waals surface area contributed by atoms with Gasteiger partial charge in [0.05, 0.1) is 9.58 Å². The van der Waals surface area contributed by atoms with E-state index in [0.29, 0.717) is 12.3 Å². The fraction of sp³-hybridized carbons (Fsp3) is 0.400. The highest BCUT2D eigenvalue weighted by molar-refractivity contribution is 7.20. The van der Waals surface area contributed by atoms with E-state index in [1.165, 1.54) is 12.8 Å². The maximum absolute atomic E-state index is 12.5. The summed E-state index contributed by atoms with van der Waals surface area (Å²) in [6, 6.07) is 13.5.